The molecule has 0 aromatic heterocycles. The number of aliphatic hydroxyl groups excluding tert-OH is 2. The molecule has 4 atom stereocenters. The van der Waals surface area contributed by atoms with E-state index in [2.05, 4.69) is 46.6 Å². The Morgan fingerprint density at radius 3 is 2.33 bits per heavy atom. The molecule has 0 aliphatic carbocycles. The van der Waals surface area contributed by atoms with Gasteiger partial charge in [0.25, 0.3) is 5.91 Å². The highest BCUT2D eigenvalue weighted by atomic mass is 16.7. The molecule has 222 valence electrons. The Morgan fingerprint density at radius 2 is 1.60 bits per heavy atom. The standard InChI is InChI=1S/C36H38N2O5/c39-24-25-9-11-28(12-10-25)34-20-33(23-38-18-17-32(40)22-38)42-36(43-34)30-15-13-27(14-16-30)31-8-4-5-26(19-31)21-37-35(41)29-6-2-1-3-7-29/h1-16,19,32-34,36,39-40H,17-18,20-24H2,(H,37,41). The van der Waals surface area contributed by atoms with Crippen molar-refractivity contribution in [3.8, 4) is 11.1 Å². The molecule has 0 saturated carbocycles. The number of ether oxygens (including phenoxy) is 2. The number of hydrogen-bond donors (Lipinski definition) is 3. The number of nitrogens with zero attached hydrogens (tertiary/aromatic N) is 1. The van der Waals surface area contributed by atoms with Gasteiger partial charge in [-0.05, 0) is 52.4 Å². The van der Waals surface area contributed by atoms with E-state index in [4.69, 9.17) is 9.47 Å². The smallest absolute Gasteiger partial charge is 0.251 e. The van der Waals surface area contributed by atoms with E-state index < -0.39 is 6.29 Å². The number of likely N-dealkylation sites (tertiary alicyclic amines) is 1. The van der Waals surface area contributed by atoms with Crippen molar-refractivity contribution in [3.05, 3.63) is 131 Å². The maximum atomic E-state index is 12.5. The molecule has 3 N–H and O–H groups in total. The Balaban J connectivity index is 1.15. The highest BCUT2D eigenvalue weighted by molar-refractivity contribution is 5.94. The van der Waals surface area contributed by atoms with Gasteiger partial charge in [0.05, 0.1) is 24.9 Å². The third kappa shape index (κ3) is 7.39. The van der Waals surface area contributed by atoms with E-state index in [-0.39, 0.29) is 30.8 Å². The number of amides is 1. The molecule has 0 spiro atoms. The van der Waals surface area contributed by atoms with Gasteiger partial charge < -0.3 is 25.0 Å². The molecule has 4 aromatic rings. The minimum atomic E-state index is -0.526. The van der Waals surface area contributed by atoms with Gasteiger partial charge in [0, 0.05) is 43.7 Å². The largest absolute Gasteiger partial charge is 0.392 e. The van der Waals surface area contributed by atoms with Crippen LogP contribution >= 0.6 is 0 Å². The lowest BCUT2D eigenvalue weighted by Crippen LogP contribution is -2.38. The molecule has 2 aliphatic heterocycles. The van der Waals surface area contributed by atoms with E-state index in [1.54, 1.807) is 12.1 Å². The first-order valence-electron chi connectivity index (χ1n) is 15.0. The van der Waals surface area contributed by atoms with Crippen LogP contribution in [0.15, 0.2) is 103 Å². The summed E-state index contributed by atoms with van der Waals surface area (Å²) < 4.78 is 13.0. The van der Waals surface area contributed by atoms with Crippen molar-refractivity contribution < 1.29 is 24.5 Å². The third-order valence-electron chi connectivity index (χ3n) is 8.26. The fourth-order valence-electron chi connectivity index (χ4n) is 5.87. The Bertz CT molecular complexity index is 1490. The highest BCUT2D eigenvalue weighted by Crippen LogP contribution is 2.39. The van der Waals surface area contributed by atoms with Gasteiger partial charge in [-0.2, -0.15) is 0 Å². The predicted octanol–water partition coefficient (Wildman–Crippen LogP) is 5.39. The van der Waals surface area contributed by atoms with Gasteiger partial charge in [-0.3, -0.25) is 9.69 Å². The quantitative estimate of drug-likeness (QED) is 0.247. The predicted molar refractivity (Wildman–Crippen MR) is 165 cm³/mol. The lowest BCUT2D eigenvalue weighted by molar-refractivity contribution is -0.252. The summed E-state index contributed by atoms with van der Waals surface area (Å²) in [6.07, 6.45) is 0.514. The zero-order chi connectivity index (χ0) is 29.6. The number of aliphatic hydroxyl groups is 2. The van der Waals surface area contributed by atoms with Gasteiger partial charge in [0.2, 0.25) is 0 Å². The lowest BCUT2D eigenvalue weighted by atomic mass is 9.99. The van der Waals surface area contributed by atoms with Crippen LogP contribution in [-0.2, 0) is 22.6 Å². The second-order valence-electron chi connectivity index (χ2n) is 11.4. The van der Waals surface area contributed by atoms with Crippen molar-refractivity contribution in [3.63, 3.8) is 0 Å². The van der Waals surface area contributed by atoms with Crippen molar-refractivity contribution in [2.45, 2.75) is 50.6 Å². The topological polar surface area (TPSA) is 91.3 Å². The van der Waals surface area contributed by atoms with Crippen LogP contribution in [0.25, 0.3) is 11.1 Å². The number of nitrogens with one attached hydrogen (secondary N) is 1. The number of benzene rings is 4. The normalized spacial score (nSPS) is 22.4. The van der Waals surface area contributed by atoms with Crippen LogP contribution < -0.4 is 5.32 Å². The second-order valence-corrected chi connectivity index (χ2v) is 11.4. The summed E-state index contributed by atoms with van der Waals surface area (Å²) in [7, 11) is 0. The van der Waals surface area contributed by atoms with Crippen LogP contribution in [0.5, 0.6) is 0 Å². The summed E-state index contributed by atoms with van der Waals surface area (Å²) in [6, 6.07) is 33.6. The SMILES string of the molecule is O=C(NCc1cccc(-c2ccc(C3OC(CN4CCC(O)C4)CC(c4ccc(CO)cc4)O3)cc2)c1)c1ccccc1. The summed E-state index contributed by atoms with van der Waals surface area (Å²) in [5.41, 5.74) is 6.67. The summed E-state index contributed by atoms with van der Waals surface area (Å²) >= 11 is 0. The molecule has 7 nitrogen and oxygen atoms in total. The zero-order valence-electron chi connectivity index (χ0n) is 24.1. The lowest BCUT2D eigenvalue weighted by Gasteiger charge is -2.37. The second kappa shape index (κ2) is 13.6. The van der Waals surface area contributed by atoms with E-state index in [0.29, 0.717) is 25.1 Å². The van der Waals surface area contributed by atoms with Crippen molar-refractivity contribution in [1.82, 2.24) is 10.2 Å². The van der Waals surface area contributed by atoms with E-state index in [1.165, 1.54) is 0 Å². The number of carbonyl (C=O) groups is 1. The molecule has 1 amide bonds. The van der Waals surface area contributed by atoms with Gasteiger partial charge >= 0.3 is 0 Å². The Labute approximate surface area is 252 Å². The summed E-state index contributed by atoms with van der Waals surface area (Å²) in [4.78, 5) is 14.7. The molecule has 2 heterocycles. The van der Waals surface area contributed by atoms with E-state index in [0.717, 1.165) is 52.9 Å². The van der Waals surface area contributed by atoms with Crippen LogP contribution in [-0.4, -0.2) is 52.9 Å². The Hall–Kier alpha value is -3.85. The number of carbonyl (C=O) groups excluding carboxylic acids is 1. The van der Waals surface area contributed by atoms with Crippen LogP contribution in [0.2, 0.25) is 0 Å². The summed E-state index contributed by atoms with van der Waals surface area (Å²) in [5, 5.41) is 22.5. The molecule has 6 rings (SSSR count). The molecular formula is C36H38N2O5. The molecule has 4 unspecified atom stereocenters. The maximum absolute atomic E-state index is 12.5. The number of rotatable bonds is 9. The first kappa shape index (κ1) is 29.2. The summed E-state index contributed by atoms with van der Waals surface area (Å²) in [6.45, 7) is 2.74. The molecular weight excluding hydrogens is 540 g/mol. The zero-order valence-corrected chi connectivity index (χ0v) is 24.1. The molecule has 2 saturated heterocycles. The van der Waals surface area contributed by atoms with Crippen LogP contribution in [0.1, 0.15) is 57.8 Å². The Morgan fingerprint density at radius 1 is 0.837 bits per heavy atom. The van der Waals surface area contributed by atoms with E-state index in [9.17, 15) is 15.0 Å². The van der Waals surface area contributed by atoms with Gasteiger partial charge in [-0.1, -0.05) is 84.9 Å². The van der Waals surface area contributed by atoms with Crippen LogP contribution in [0, 0.1) is 0 Å². The van der Waals surface area contributed by atoms with Crippen LogP contribution in [0.4, 0.5) is 0 Å². The first-order valence-corrected chi connectivity index (χ1v) is 15.0. The average molecular weight is 579 g/mol. The monoisotopic (exact) mass is 578 g/mol. The Kier molecular flexibility index (Phi) is 9.27. The van der Waals surface area contributed by atoms with Crippen molar-refractivity contribution in [2.24, 2.45) is 0 Å². The average Bonchev–Trinajstić information content (AvgIpc) is 3.48. The molecule has 2 aliphatic rings. The van der Waals surface area contributed by atoms with Crippen LogP contribution in [0.3, 0.4) is 0 Å². The van der Waals surface area contributed by atoms with E-state index in [1.807, 2.05) is 54.6 Å². The van der Waals surface area contributed by atoms with Gasteiger partial charge in [-0.15, -0.1) is 0 Å². The fourth-order valence-corrected chi connectivity index (χ4v) is 5.87. The first-order chi connectivity index (χ1) is 21.0. The highest BCUT2D eigenvalue weighted by Gasteiger charge is 2.34. The maximum Gasteiger partial charge on any atom is 0.251 e. The summed E-state index contributed by atoms with van der Waals surface area (Å²) in [5.74, 6) is -0.0929. The fraction of sp³-hybridized carbons (Fsp3) is 0.306. The minimum Gasteiger partial charge on any atom is -0.392 e. The van der Waals surface area contributed by atoms with Crippen molar-refractivity contribution in [1.29, 1.82) is 0 Å². The molecule has 43 heavy (non-hydrogen) atoms. The number of β-amino-alcohol motifs (C(OH)–C–C–N with tert-alkyl or cyclic N) is 1. The molecule has 0 bridgehead atoms. The van der Waals surface area contributed by atoms with Gasteiger partial charge in [0.15, 0.2) is 6.29 Å². The van der Waals surface area contributed by atoms with Gasteiger partial charge in [-0.25, -0.2) is 0 Å². The molecule has 7 heteroatoms. The van der Waals surface area contributed by atoms with Crippen molar-refractivity contribution in [2.75, 3.05) is 19.6 Å². The third-order valence-corrected chi connectivity index (χ3v) is 8.26. The molecule has 4 aromatic carbocycles. The number of hydrogen-bond acceptors (Lipinski definition) is 6. The van der Waals surface area contributed by atoms with E-state index >= 15 is 0 Å². The van der Waals surface area contributed by atoms with Gasteiger partial charge in [0.1, 0.15) is 0 Å². The molecule has 2 fully saturated rings. The van der Waals surface area contributed by atoms with Crippen molar-refractivity contribution >= 4 is 5.91 Å². The minimum absolute atomic E-state index is 0.00896. The molecule has 0 radical (unpaired) electrons.